The lowest BCUT2D eigenvalue weighted by molar-refractivity contribution is -0.131. The third kappa shape index (κ3) is 3.89. The van der Waals surface area contributed by atoms with Gasteiger partial charge in [-0.1, -0.05) is 40.2 Å². The fourth-order valence-corrected chi connectivity index (χ4v) is 1.81. The van der Waals surface area contributed by atoms with Crippen molar-refractivity contribution in [3.8, 4) is 0 Å². The second-order valence-corrected chi connectivity index (χ2v) is 3.76. The molecule has 1 aromatic carbocycles. The van der Waals surface area contributed by atoms with Gasteiger partial charge in [0, 0.05) is 11.4 Å². The fourth-order valence-electron chi connectivity index (χ4n) is 1.32. The lowest BCUT2D eigenvalue weighted by Gasteiger charge is -2.09. The van der Waals surface area contributed by atoms with Crippen LogP contribution in [-0.4, -0.2) is 17.3 Å². The number of benzene rings is 1. The van der Waals surface area contributed by atoms with Crippen LogP contribution < -0.4 is 0 Å². The van der Waals surface area contributed by atoms with E-state index in [-0.39, 0.29) is 17.0 Å². The number of hydrogen-bond acceptors (Lipinski definition) is 1. The fraction of sp³-hybridized carbons (Fsp3) is 0.182. The Labute approximate surface area is 104 Å². The zero-order valence-electron chi connectivity index (χ0n) is 8.46. The van der Waals surface area contributed by atoms with Gasteiger partial charge in [-0.3, -0.25) is 0 Å². The van der Waals surface area contributed by atoms with Gasteiger partial charge < -0.3 is 5.11 Å². The van der Waals surface area contributed by atoms with Gasteiger partial charge >= 0.3 is 12.1 Å². The Morgan fingerprint density at radius 2 is 1.94 bits per heavy atom. The highest BCUT2D eigenvalue weighted by Crippen LogP contribution is 2.27. The lowest BCUT2D eigenvalue weighted by atomic mass is 10.0. The van der Waals surface area contributed by atoms with E-state index in [2.05, 4.69) is 15.9 Å². The van der Waals surface area contributed by atoms with Crippen LogP contribution in [0.2, 0.25) is 0 Å². The van der Waals surface area contributed by atoms with Gasteiger partial charge in [0.25, 0.3) is 0 Å². The molecular weight excluding hydrogens is 301 g/mol. The summed E-state index contributed by atoms with van der Waals surface area (Å²) in [6.45, 7) is 0. The molecule has 0 aliphatic heterocycles. The van der Waals surface area contributed by atoms with Crippen LogP contribution in [0.25, 0.3) is 5.57 Å². The number of carbonyl (C=O) groups is 1. The average Bonchev–Trinajstić information content (AvgIpc) is 2.24. The molecule has 0 heterocycles. The molecule has 0 aromatic heterocycles. The van der Waals surface area contributed by atoms with Gasteiger partial charge in [-0.15, -0.1) is 0 Å². The number of alkyl halides is 4. The third-order valence-corrected chi connectivity index (χ3v) is 2.59. The molecule has 0 aliphatic carbocycles. The SMILES string of the molecule is O=C(O)/C(=C/C(F)(F)F)c1ccccc1CBr. The van der Waals surface area contributed by atoms with E-state index >= 15 is 0 Å². The monoisotopic (exact) mass is 308 g/mol. The van der Waals surface area contributed by atoms with Crippen molar-refractivity contribution in [3.63, 3.8) is 0 Å². The van der Waals surface area contributed by atoms with Crippen LogP contribution in [0.5, 0.6) is 0 Å². The maximum atomic E-state index is 12.2. The average molecular weight is 309 g/mol. The summed E-state index contributed by atoms with van der Waals surface area (Å²) in [7, 11) is 0. The zero-order valence-corrected chi connectivity index (χ0v) is 10.0. The van der Waals surface area contributed by atoms with E-state index in [0.717, 1.165) is 0 Å². The van der Waals surface area contributed by atoms with Gasteiger partial charge in [-0.2, -0.15) is 13.2 Å². The molecule has 0 spiro atoms. The number of allylic oxidation sites excluding steroid dienone is 1. The van der Waals surface area contributed by atoms with Gasteiger partial charge in [0.15, 0.2) is 0 Å². The molecule has 0 unspecified atom stereocenters. The van der Waals surface area contributed by atoms with Crippen molar-refractivity contribution in [2.24, 2.45) is 0 Å². The van der Waals surface area contributed by atoms with Crippen LogP contribution in [0, 0.1) is 0 Å². The van der Waals surface area contributed by atoms with Crippen molar-refractivity contribution >= 4 is 27.5 Å². The van der Waals surface area contributed by atoms with Crippen molar-refractivity contribution in [3.05, 3.63) is 41.5 Å². The Kier molecular flexibility index (Phi) is 4.34. The van der Waals surface area contributed by atoms with Crippen LogP contribution in [0.1, 0.15) is 11.1 Å². The van der Waals surface area contributed by atoms with Gasteiger partial charge in [0.1, 0.15) is 0 Å². The molecule has 6 heteroatoms. The molecule has 17 heavy (non-hydrogen) atoms. The quantitative estimate of drug-likeness (QED) is 0.684. The van der Waals surface area contributed by atoms with Gasteiger partial charge in [0.05, 0.1) is 5.57 Å². The van der Waals surface area contributed by atoms with Crippen molar-refractivity contribution in [2.75, 3.05) is 0 Å². The summed E-state index contributed by atoms with van der Waals surface area (Å²) in [6.07, 6.45) is -4.86. The molecular formula is C11H8BrF3O2. The second kappa shape index (κ2) is 5.35. The molecule has 0 atom stereocenters. The highest BCUT2D eigenvalue weighted by molar-refractivity contribution is 9.08. The number of carboxylic acid groups (broad SMARTS) is 1. The van der Waals surface area contributed by atoms with E-state index in [1.54, 1.807) is 12.1 Å². The van der Waals surface area contributed by atoms with Crippen LogP contribution in [0.15, 0.2) is 30.3 Å². The van der Waals surface area contributed by atoms with Crippen molar-refractivity contribution in [1.29, 1.82) is 0 Å². The Morgan fingerprint density at radius 3 is 2.41 bits per heavy atom. The summed E-state index contributed by atoms with van der Waals surface area (Å²) in [5.74, 6) is -1.60. The Morgan fingerprint density at radius 1 is 1.35 bits per heavy atom. The first kappa shape index (κ1) is 13.8. The van der Waals surface area contributed by atoms with Crippen LogP contribution >= 0.6 is 15.9 Å². The summed E-state index contributed by atoms with van der Waals surface area (Å²) >= 11 is 3.10. The molecule has 0 fully saturated rings. The standard InChI is InChI=1S/C11H8BrF3O2/c12-6-7-3-1-2-4-8(7)9(10(16)17)5-11(13,14)15/h1-5H,6H2,(H,16,17)/b9-5+. The van der Waals surface area contributed by atoms with Gasteiger partial charge in [-0.25, -0.2) is 4.79 Å². The molecule has 1 N–H and O–H groups in total. The minimum Gasteiger partial charge on any atom is -0.478 e. The van der Waals surface area contributed by atoms with E-state index in [9.17, 15) is 18.0 Å². The molecule has 1 rings (SSSR count). The second-order valence-electron chi connectivity index (χ2n) is 3.20. The van der Waals surface area contributed by atoms with Gasteiger partial charge in [-0.05, 0) is 11.1 Å². The number of hydrogen-bond donors (Lipinski definition) is 1. The summed E-state index contributed by atoms with van der Waals surface area (Å²) in [5, 5.41) is 9.11. The van der Waals surface area contributed by atoms with E-state index < -0.39 is 17.7 Å². The Bertz CT molecular complexity index is 452. The van der Waals surface area contributed by atoms with E-state index in [1.165, 1.54) is 12.1 Å². The number of rotatable bonds is 3. The molecule has 0 saturated carbocycles. The summed E-state index contributed by atoms with van der Waals surface area (Å²) in [5.41, 5.74) is -0.202. The van der Waals surface area contributed by atoms with Crippen LogP contribution in [0.4, 0.5) is 13.2 Å². The molecule has 92 valence electrons. The van der Waals surface area contributed by atoms with Crippen molar-refractivity contribution < 1.29 is 23.1 Å². The van der Waals surface area contributed by atoms with E-state index in [0.29, 0.717) is 5.56 Å². The van der Waals surface area contributed by atoms with E-state index in [1.807, 2.05) is 0 Å². The smallest absolute Gasteiger partial charge is 0.410 e. The molecule has 1 aromatic rings. The first-order valence-electron chi connectivity index (χ1n) is 4.52. The predicted molar refractivity (Wildman–Crippen MR) is 60.7 cm³/mol. The predicted octanol–water partition coefficient (Wildman–Crippen LogP) is 3.61. The normalized spacial score (nSPS) is 12.6. The number of halogens is 4. The molecule has 0 bridgehead atoms. The Hall–Kier alpha value is -1.30. The van der Waals surface area contributed by atoms with Crippen LogP contribution in [-0.2, 0) is 10.1 Å². The van der Waals surface area contributed by atoms with Crippen molar-refractivity contribution in [1.82, 2.24) is 0 Å². The number of aliphatic carboxylic acids is 1. The zero-order chi connectivity index (χ0) is 13.1. The summed E-state index contributed by atoms with van der Waals surface area (Å²) in [6, 6.07) is 6.04. The van der Waals surface area contributed by atoms with Crippen LogP contribution in [0.3, 0.4) is 0 Å². The first-order valence-corrected chi connectivity index (χ1v) is 5.64. The highest BCUT2D eigenvalue weighted by Gasteiger charge is 2.28. The minimum absolute atomic E-state index is 0.0641. The Balaban J connectivity index is 3.34. The first-order chi connectivity index (χ1) is 7.85. The summed E-state index contributed by atoms with van der Waals surface area (Å²) < 4.78 is 36.7. The molecule has 0 aliphatic rings. The molecule has 0 amide bonds. The molecule has 0 radical (unpaired) electrons. The third-order valence-electron chi connectivity index (χ3n) is 1.99. The number of carboxylic acids is 1. The summed E-state index contributed by atoms with van der Waals surface area (Å²) in [4.78, 5) is 10.9. The molecule has 0 saturated heterocycles. The maximum Gasteiger partial charge on any atom is 0.410 e. The molecule has 2 nitrogen and oxygen atoms in total. The topological polar surface area (TPSA) is 37.3 Å². The largest absolute Gasteiger partial charge is 0.478 e. The lowest BCUT2D eigenvalue weighted by Crippen LogP contribution is -2.09. The van der Waals surface area contributed by atoms with Gasteiger partial charge in [0.2, 0.25) is 0 Å². The minimum atomic E-state index is -4.66. The maximum absolute atomic E-state index is 12.2. The van der Waals surface area contributed by atoms with E-state index in [4.69, 9.17) is 5.11 Å². The van der Waals surface area contributed by atoms with Crippen molar-refractivity contribution in [2.45, 2.75) is 11.5 Å². The highest BCUT2D eigenvalue weighted by atomic mass is 79.9.